The second-order valence-corrected chi connectivity index (χ2v) is 5.62. The lowest BCUT2D eigenvalue weighted by atomic mass is 9.99. The summed E-state index contributed by atoms with van der Waals surface area (Å²) in [5.41, 5.74) is 2.36. The third kappa shape index (κ3) is 3.09. The number of aryl methyl sites for hydroxylation is 2. The molecule has 1 aromatic heterocycles. The number of hydrogen-bond donors (Lipinski definition) is 1. The van der Waals surface area contributed by atoms with Crippen LogP contribution >= 0.6 is 0 Å². The van der Waals surface area contributed by atoms with Crippen LogP contribution in [0.3, 0.4) is 0 Å². The van der Waals surface area contributed by atoms with E-state index in [1.807, 2.05) is 12.1 Å². The summed E-state index contributed by atoms with van der Waals surface area (Å²) in [7, 11) is 0. The number of carbonyl (C=O) groups is 1. The van der Waals surface area contributed by atoms with E-state index in [-0.39, 0.29) is 11.4 Å². The fraction of sp³-hybridized carbons (Fsp3) is 0.467. The number of amides is 1. The summed E-state index contributed by atoms with van der Waals surface area (Å²) in [4.78, 5) is 12.1. The third-order valence-electron chi connectivity index (χ3n) is 3.97. The molecule has 2 aromatic rings. The van der Waals surface area contributed by atoms with Crippen molar-refractivity contribution < 1.29 is 4.79 Å². The number of hydrogen-bond acceptors (Lipinski definition) is 4. The molecule has 0 saturated heterocycles. The summed E-state index contributed by atoms with van der Waals surface area (Å²) in [5, 5.41) is 14.1. The molecule has 3 rings (SSSR count). The van der Waals surface area contributed by atoms with E-state index >= 15 is 0 Å². The van der Waals surface area contributed by atoms with Crippen LogP contribution in [0.5, 0.6) is 0 Å². The maximum Gasteiger partial charge on any atom is 0.220 e. The summed E-state index contributed by atoms with van der Waals surface area (Å²) >= 11 is 0. The maximum absolute atomic E-state index is 12.1. The zero-order valence-corrected chi connectivity index (χ0v) is 12.1. The van der Waals surface area contributed by atoms with Gasteiger partial charge in [-0.2, -0.15) is 0 Å². The largest absolute Gasteiger partial charge is 0.347 e. The van der Waals surface area contributed by atoms with Crippen molar-refractivity contribution >= 4 is 5.91 Å². The second-order valence-electron chi connectivity index (χ2n) is 5.62. The Hall–Kier alpha value is -2.24. The van der Waals surface area contributed by atoms with Gasteiger partial charge in [0.25, 0.3) is 0 Å². The Morgan fingerprint density at radius 1 is 1.38 bits per heavy atom. The smallest absolute Gasteiger partial charge is 0.220 e. The van der Waals surface area contributed by atoms with Crippen molar-refractivity contribution in [1.82, 2.24) is 25.5 Å². The first-order valence-corrected chi connectivity index (χ1v) is 7.27. The molecule has 110 valence electrons. The van der Waals surface area contributed by atoms with E-state index in [1.54, 1.807) is 11.0 Å². The van der Waals surface area contributed by atoms with Crippen molar-refractivity contribution in [3.8, 4) is 0 Å². The highest BCUT2D eigenvalue weighted by molar-refractivity contribution is 5.77. The van der Waals surface area contributed by atoms with E-state index in [9.17, 15) is 4.79 Å². The molecule has 6 nitrogen and oxygen atoms in total. The zero-order valence-electron chi connectivity index (χ0n) is 12.1. The molecule has 6 heteroatoms. The molecule has 0 aliphatic heterocycles. The standard InChI is InChI=1S/C15H19N5O/c1-12-5-2-3-6-13(12)15(8-9-15)17-14(21)7-4-10-20-11-16-18-19-20/h2-3,5-6,11H,4,7-10H2,1H3,(H,17,21). The highest BCUT2D eigenvalue weighted by Gasteiger charge is 2.46. The number of nitrogens with zero attached hydrogens (tertiary/aromatic N) is 4. The number of tetrazole rings is 1. The van der Waals surface area contributed by atoms with Gasteiger partial charge in [-0.3, -0.25) is 4.79 Å². The fourth-order valence-electron chi connectivity index (χ4n) is 2.71. The summed E-state index contributed by atoms with van der Waals surface area (Å²) < 4.78 is 1.64. The molecule has 0 atom stereocenters. The molecule has 1 aromatic carbocycles. The molecule has 0 unspecified atom stereocenters. The highest BCUT2D eigenvalue weighted by atomic mass is 16.1. The molecule has 1 amide bonds. The molecule has 1 aliphatic carbocycles. The molecule has 21 heavy (non-hydrogen) atoms. The van der Waals surface area contributed by atoms with Gasteiger partial charge in [-0.15, -0.1) is 5.10 Å². The van der Waals surface area contributed by atoms with Crippen LogP contribution in [0.25, 0.3) is 0 Å². The van der Waals surface area contributed by atoms with Crippen LogP contribution in [-0.4, -0.2) is 26.1 Å². The van der Waals surface area contributed by atoms with E-state index in [0.29, 0.717) is 13.0 Å². The van der Waals surface area contributed by atoms with Gasteiger partial charge in [-0.25, -0.2) is 4.68 Å². The number of carbonyl (C=O) groups excluding carboxylic acids is 1. The molecule has 1 saturated carbocycles. The SMILES string of the molecule is Cc1ccccc1C1(NC(=O)CCCn2cnnn2)CC1. The lowest BCUT2D eigenvalue weighted by molar-refractivity contribution is -0.122. The van der Waals surface area contributed by atoms with Gasteiger partial charge >= 0.3 is 0 Å². The topological polar surface area (TPSA) is 72.7 Å². The normalized spacial score (nSPS) is 15.7. The van der Waals surface area contributed by atoms with Gasteiger partial charge < -0.3 is 5.32 Å². The van der Waals surface area contributed by atoms with Crippen molar-refractivity contribution in [2.45, 2.75) is 44.7 Å². The van der Waals surface area contributed by atoms with Crippen molar-refractivity contribution in [2.75, 3.05) is 0 Å². The van der Waals surface area contributed by atoms with Gasteiger partial charge in [0.2, 0.25) is 5.91 Å². The Balaban J connectivity index is 1.54. The number of rotatable bonds is 6. The van der Waals surface area contributed by atoms with Gasteiger partial charge in [0.1, 0.15) is 6.33 Å². The van der Waals surface area contributed by atoms with Crippen LogP contribution in [0.1, 0.15) is 36.8 Å². The Labute approximate surface area is 123 Å². The Kier molecular flexibility index (Phi) is 3.68. The Morgan fingerprint density at radius 2 is 2.19 bits per heavy atom. The van der Waals surface area contributed by atoms with Crippen molar-refractivity contribution in [3.63, 3.8) is 0 Å². The first-order chi connectivity index (χ1) is 10.2. The van der Waals surface area contributed by atoms with E-state index < -0.39 is 0 Å². The quantitative estimate of drug-likeness (QED) is 0.874. The number of nitrogens with one attached hydrogen (secondary N) is 1. The highest BCUT2D eigenvalue weighted by Crippen LogP contribution is 2.46. The van der Waals surface area contributed by atoms with Gasteiger partial charge in [-0.05, 0) is 47.7 Å². The van der Waals surface area contributed by atoms with E-state index in [2.05, 4.69) is 39.9 Å². The van der Waals surface area contributed by atoms with Crippen LogP contribution in [0, 0.1) is 6.92 Å². The first-order valence-electron chi connectivity index (χ1n) is 7.27. The fourth-order valence-corrected chi connectivity index (χ4v) is 2.71. The molecule has 1 heterocycles. The lowest BCUT2D eigenvalue weighted by Gasteiger charge is -2.20. The molecular formula is C15H19N5O. The Bertz CT molecular complexity index is 619. The third-order valence-corrected chi connectivity index (χ3v) is 3.97. The van der Waals surface area contributed by atoms with Crippen molar-refractivity contribution in [2.24, 2.45) is 0 Å². The van der Waals surface area contributed by atoms with E-state index in [4.69, 9.17) is 0 Å². The number of benzene rings is 1. The average Bonchev–Trinajstić information content (AvgIpc) is 3.04. The van der Waals surface area contributed by atoms with Gasteiger partial charge in [0.15, 0.2) is 0 Å². The van der Waals surface area contributed by atoms with Crippen LogP contribution in [0.4, 0.5) is 0 Å². The minimum Gasteiger partial charge on any atom is -0.347 e. The molecule has 0 radical (unpaired) electrons. The molecule has 1 fully saturated rings. The maximum atomic E-state index is 12.1. The van der Waals surface area contributed by atoms with Crippen molar-refractivity contribution in [3.05, 3.63) is 41.7 Å². The van der Waals surface area contributed by atoms with E-state index in [1.165, 1.54) is 11.1 Å². The lowest BCUT2D eigenvalue weighted by Crippen LogP contribution is -2.35. The molecule has 1 N–H and O–H groups in total. The summed E-state index contributed by atoms with van der Waals surface area (Å²) in [6.07, 6.45) is 4.84. The van der Waals surface area contributed by atoms with Crippen LogP contribution in [0.2, 0.25) is 0 Å². The van der Waals surface area contributed by atoms with Gasteiger partial charge in [-0.1, -0.05) is 24.3 Å². The van der Waals surface area contributed by atoms with Gasteiger partial charge in [0.05, 0.1) is 5.54 Å². The summed E-state index contributed by atoms with van der Waals surface area (Å²) in [5.74, 6) is 0.101. The second kappa shape index (κ2) is 5.63. The molecule has 1 aliphatic rings. The van der Waals surface area contributed by atoms with Crippen LogP contribution in [0.15, 0.2) is 30.6 Å². The predicted octanol–water partition coefficient (Wildman–Crippen LogP) is 1.57. The van der Waals surface area contributed by atoms with Crippen molar-refractivity contribution in [1.29, 1.82) is 0 Å². The molecule has 0 spiro atoms. The monoisotopic (exact) mass is 285 g/mol. The van der Waals surface area contributed by atoms with Crippen LogP contribution in [-0.2, 0) is 16.9 Å². The van der Waals surface area contributed by atoms with Crippen LogP contribution < -0.4 is 5.32 Å². The predicted molar refractivity (Wildman–Crippen MR) is 77.3 cm³/mol. The average molecular weight is 285 g/mol. The molecule has 0 bridgehead atoms. The van der Waals surface area contributed by atoms with E-state index in [0.717, 1.165) is 19.3 Å². The minimum atomic E-state index is -0.128. The Morgan fingerprint density at radius 3 is 2.86 bits per heavy atom. The summed E-state index contributed by atoms with van der Waals surface area (Å²) in [6.45, 7) is 2.76. The molecular weight excluding hydrogens is 266 g/mol. The first kappa shape index (κ1) is 13.7. The number of aromatic nitrogens is 4. The zero-order chi connectivity index (χ0) is 14.7. The van der Waals surface area contributed by atoms with Gasteiger partial charge in [0, 0.05) is 13.0 Å². The minimum absolute atomic E-state index is 0.101. The summed E-state index contributed by atoms with van der Waals surface area (Å²) in [6, 6.07) is 8.28.